The molecule has 0 spiro atoms. The molecule has 0 aliphatic carbocycles. The van der Waals surface area contributed by atoms with E-state index in [1.54, 1.807) is 25.2 Å². The Morgan fingerprint density at radius 1 is 1.37 bits per heavy atom. The molecular formula is C22H29FN7O7P. The van der Waals surface area contributed by atoms with Crippen molar-refractivity contribution in [2.24, 2.45) is 0 Å². The van der Waals surface area contributed by atoms with Crippen LogP contribution in [0.1, 0.15) is 20.1 Å². The van der Waals surface area contributed by atoms with Crippen LogP contribution in [0.25, 0.3) is 11.2 Å². The van der Waals surface area contributed by atoms with E-state index in [9.17, 15) is 14.5 Å². The molecule has 3 aromatic rings. The number of esters is 1. The smallest absolute Gasteiger partial charge is 0.459 e. The molecule has 1 aromatic carbocycles. The minimum absolute atomic E-state index is 0.0765. The monoisotopic (exact) mass is 553 g/mol. The summed E-state index contributed by atoms with van der Waals surface area (Å²) in [6.45, 7) is 1.99. The summed E-state index contributed by atoms with van der Waals surface area (Å²) in [5.41, 5.74) is 3.93. The van der Waals surface area contributed by atoms with E-state index in [2.05, 4.69) is 30.1 Å². The van der Waals surface area contributed by atoms with Crippen LogP contribution in [-0.4, -0.2) is 75.3 Å². The molecule has 38 heavy (non-hydrogen) atoms. The van der Waals surface area contributed by atoms with Crippen LogP contribution in [0, 0.1) is 0 Å². The van der Waals surface area contributed by atoms with Gasteiger partial charge in [-0.3, -0.25) is 13.9 Å². The highest BCUT2D eigenvalue weighted by Gasteiger charge is 2.56. The zero-order chi connectivity index (χ0) is 27.7. The van der Waals surface area contributed by atoms with Crippen molar-refractivity contribution in [3.8, 4) is 5.75 Å². The molecule has 16 heteroatoms. The second-order valence-electron chi connectivity index (χ2n) is 8.70. The maximum Gasteiger partial charge on any atom is 0.459 e. The van der Waals surface area contributed by atoms with Gasteiger partial charge in [0.15, 0.2) is 28.9 Å². The van der Waals surface area contributed by atoms with Gasteiger partial charge in [-0.1, -0.05) is 18.2 Å². The summed E-state index contributed by atoms with van der Waals surface area (Å²) in [7, 11) is -1.46. The van der Waals surface area contributed by atoms with Gasteiger partial charge in [-0.05, 0) is 26.0 Å². The van der Waals surface area contributed by atoms with Gasteiger partial charge in [-0.15, -0.1) is 0 Å². The molecule has 14 nitrogen and oxygen atoms in total. The lowest BCUT2D eigenvalue weighted by Gasteiger charge is -2.25. The predicted molar refractivity (Wildman–Crippen MR) is 134 cm³/mol. The Hall–Kier alpha value is -3.36. The zero-order valence-corrected chi connectivity index (χ0v) is 22.0. The average molecular weight is 553 g/mol. The third-order valence-electron chi connectivity index (χ3n) is 5.93. The Bertz CT molecular complexity index is 1340. The second-order valence-corrected chi connectivity index (χ2v) is 10.4. The van der Waals surface area contributed by atoms with Gasteiger partial charge < -0.3 is 30.2 Å². The fourth-order valence-electron chi connectivity index (χ4n) is 3.98. The highest BCUT2D eigenvalue weighted by molar-refractivity contribution is 7.52. The molecule has 0 amide bonds. The first-order chi connectivity index (χ1) is 18.0. The molecule has 1 saturated heterocycles. The largest absolute Gasteiger partial charge is 0.468 e. The lowest BCUT2D eigenvalue weighted by Crippen LogP contribution is -2.41. The van der Waals surface area contributed by atoms with Crippen LogP contribution in [0.5, 0.6) is 5.75 Å². The Labute approximate surface area is 217 Å². The number of anilines is 2. The van der Waals surface area contributed by atoms with Gasteiger partial charge in [0.1, 0.15) is 24.0 Å². The summed E-state index contributed by atoms with van der Waals surface area (Å²) in [6.07, 6.45) is -3.11. The lowest BCUT2D eigenvalue weighted by atomic mass is 9.98. The third-order valence-corrected chi connectivity index (χ3v) is 7.57. The van der Waals surface area contributed by atoms with Crippen molar-refractivity contribution >= 4 is 36.6 Å². The molecule has 1 aliphatic heterocycles. The van der Waals surface area contributed by atoms with E-state index in [1.807, 2.05) is 0 Å². The number of halogens is 1. The first kappa shape index (κ1) is 27.7. The first-order valence-electron chi connectivity index (χ1n) is 11.5. The van der Waals surface area contributed by atoms with Crippen LogP contribution in [0.3, 0.4) is 0 Å². The quantitative estimate of drug-likeness (QED) is 0.211. The van der Waals surface area contributed by atoms with Crippen LogP contribution in [-0.2, 0) is 23.4 Å². The number of carbonyl (C=O) groups excluding carboxylic acids is 1. The highest BCUT2D eigenvalue weighted by atomic mass is 31.2. The zero-order valence-electron chi connectivity index (χ0n) is 21.1. The van der Waals surface area contributed by atoms with E-state index in [1.165, 1.54) is 37.1 Å². The number of aliphatic hydroxyl groups excluding tert-OH is 1. The molecule has 5 N–H and O–H groups in total. The number of aliphatic hydroxyl groups is 1. The van der Waals surface area contributed by atoms with Crippen LogP contribution < -0.4 is 20.7 Å². The number of benzene rings is 1. The van der Waals surface area contributed by atoms with E-state index in [4.69, 9.17) is 19.5 Å². The van der Waals surface area contributed by atoms with Gasteiger partial charge in [-0.2, -0.15) is 15.1 Å². The molecule has 3 heterocycles. The standard InChI is InChI=1S/C22H29FN7O7P/c1-12(19(32)34-4)29-38(33,37-13-8-6-5-7-9-13)35-10-14-16(31)22(2,23)20(36-14)30-11-26-15-17(25-3)27-21(24)28-18(15)30/h5-9,11-12,14,16,20,31H,10H2,1-4H3,(H,29,33)(H3,24,25,27,28)/t12-,14+,16+,20+,22+,38-/m0/s1. The summed E-state index contributed by atoms with van der Waals surface area (Å²) >= 11 is 0. The topological polar surface area (TPSA) is 185 Å². The third kappa shape index (κ3) is 5.42. The molecule has 206 valence electrons. The number of aromatic nitrogens is 4. The number of nitrogens with two attached hydrogens (primary N) is 1. The van der Waals surface area contributed by atoms with Gasteiger partial charge in [0, 0.05) is 7.05 Å². The van der Waals surface area contributed by atoms with Gasteiger partial charge in [0.05, 0.1) is 20.0 Å². The number of ether oxygens (including phenoxy) is 2. The number of hydrogen-bond acceptors (Lipinski definition) is 12. The van der Waals surface area contributed by atoms with Crippen molar-refractivity contribution in [1.82, 2.24) is 24.6 Å². The fraction of sp³-hybridized carbons (Fsp3) is 0.455. The van der Waals surface area contributed by atoms with Crippen molar-refractivity contribution in [2.75, 3.05) is 31.8 Å². The van der Waals surface area contributed by atoms with Gasteiger partial charge >= 0.3 is 13.7 Å². The molecule has 0 saturated carbocycles. The summed E-state index contributed by atoms with van der Waals surface area (Å²) < 4.78 is 52.3. The minimum Gasteiger partial charge on any atom is -0.468 e. The molecule has 2 aromatic heterocycles. The summed E-state index contributed by atoms with van der Waals surface area (Å²) in [4.78, 5) is 24.3. The molecule has 0 bridgehead atoms. The molecule has 1 fully saturated rings. The molecule has 1 aliphatic rings. The number of nitrogens with one attached hydrogen (secondary N) is 2. The highest BCUT2D eigenvalue weighted by Crippen LogP contribution is 2.48. The van der Waals surface area contributed by atoms with Crippen LogP contribution in [0.15, 0.2) is 36.7 Å². The normalized spacial score (nSPS) is 25.6. The van der Waals surface area contributed by atoms with E-state index >= 15 is 4.39 Å². The van der Waals surface area contributed by atoms with Crippen molar-refractivity contribution in [3.05, 3.63) is 36.7 Å². The Morgan fingerprint density at radius 3 is 2.74 bits per heavy atom. The maximum atomic E-state index is 15.9. The number of nitrogen functional groups attached to an aromatic ring is 1. The number of fused-ring (bicyclic) bond motifs is 1. The van der Waals surface area contributed by atoms with E-state index in [0.717, 1.165) is 6.92 Å². The number of imidazole rings is 1. The van der Waals surface area contributed by atoms with Crippen molar-refractivity contribution < 1.29 is 37.4 Å². The van der Waals surface area contributed by atoms with Crippen molar-refractivity contribution in [3.63, 3.8) is 0 Å². The first-order valence-corrected chi connectivity index (χ1v) is 13.1. The number of nitrogens with zero attached hydrogens (tertiary/aromatic N) is 4. The number of hydrogen-bond donors (Lipinski definition) is 4. The van der Waals surface area contributed by atoms with Gasteiger partial charge in [0.2, 0.25) is 5.95 Å². The maximum absolute atomic E-state index is 15.9. The van der Waals surface area contributed by atoms with Crippen LogP contribution in [0.4, 0.5) is 16.2 Å². The SMILES string of the molecule is CNc1nc(N)nc2c1ncn2[C@@H]1O[C@H](CO[P@@](=O)(N[C@@H](C)C(=O)OC)Oc2ccccc2)[C@@H](O)[C@@]1(C)F. The summed E-state index contributed by atoms with van der Waals surface area (Å²) in [6, 6.07) is 7.02. The second kappa shape index (κ2) is 10.8. The Morgan fingerprint density at radius 2 is 2.08 bits per heavy atom. The number of methoxy groups -OCH3 is 1. The predicted octanol–water partition coefficient (Wildman–Crippen LogP) is 1.79. The Kier molecular flexibility index (Phi) is 7.85. The molecule has 0 unspecified atom stereocenters. The number of rotatable bonds is 10. The van der Waals surface area contributed by atoms with E-state index in [-0.39, 0.29) is 17.3 Å². The number of carbonyl (C=O) groups is 1. The average Bonchev–Trinajstić information content (AvgIpc) is 3.39. The van der Waals surface area contributed by atoms with E-state index in [0.29, 0.717) is 11.3 Å². The number of para-hydroxylation sites is 1. The lowest BCUT2D eigenvalue weighted by molar-refractivity contribution is -0.142. The molecular weight excluding hydrogens is 524 g/mol. The van der Waals surface area contributed by atoms with Crippen LogP contribution in [0.2, 0.25) is 0 Å². The fourth-order valence-corrected chi connectivity index (χ4v) is 5.48. The molecule has 4 rings (SSSR count). The van der Waals surface area contributed by atoms with E-state index < -0.39 is 50.5 Å². The minimum atomic E-state index is -4.25. The Balaban J connectivity index is 1.57. The number of alkyl halides is 1. The summed E-state index contributed by atoms with van der Waals surface area (Å²) in [5, 5.41) is 16.1. The molecule has 0 radical (unpaired) electrons. The van der Waals surface area contributed by atoms with Gasteiger partial charge in [0.25, 0.3) is 0 Å². The van der Waals surface area contributed by atoms with Gasteiger partial charge in [-0.25, -0.2) is 13.9 Å². The summed E-state index contributed by atoms with van der Waals surface area (Å²) in [5.74, 6) is -0.278. The van der Waals surface area contributed by atoms with Crippen molar-refractivity contribution in [1.29, 1.82) is 0 Å². The van der Waals surface area contributed by atoms with Crippen molar-refractivity contribution in [2.45, 2.75) is 44.0 Å². The molecule has 6 atom stereocenters. The van der Waals surface area contributed by atoms with Crippen LogP contribution >= 0.6 is 7.75 Å².